The Bertz CT molecular complexity index is 521. The SMILES string of the molecule is CC(=O)NCCc1cc2ccc(Br)cc2s1. The third-order valence-corrected chi connectivity index (χ3v) is 3.93. The number of thiophene rings is 1. The van der Waals surface area contributed by atoms with Crippen molar-refractivity contribution >= 4 is 43.3 Å². The van der Waals surface area contributed by atoms with E-state index >= 15 is 0 Å². The van der Waals surface area contributed by atoms with Gasteiger partial charge in [0.15, 0.2) is 0 Å². The van der Waals surface area contributed by atoms with Crippen LogP contribution in [-0.2, 0) is 11.2 Å². The maximum Gasteiger partial charge on any atom is 0.216 e. The molecule has 84 valence electrons. The first kappa shape index (κ1) is 11.6. The van der Waals surface area contributed by atoms with Gasteiger partial charge in [0.1, 0.15) is 0 Å². The number of carbonyl (C=O) groups is 1. The molecule has 1 aromatic carbocycles. The van der Waals surface area contributed by atoms with Crippen molar-refractivity contribution in [2.24, 2.45) is 0 Å². The van der Waals surface area contributed by atoms with Crippen molar-refractivity contribution in [3.05, 3.63) is 33.6 Å². The Labute approximate surface area is 107 Å². The first-order valence-electron chi connectivity index (χ1n) is 5.07. The van der Waals surface area contributed by atoms with E-state index in [0.717, 1.165) is 10.9 Å². The summed E-state index contributed by atoms with van der Waals surface area (Å²) >= 11 is 5.24. The first-order valence-corrected chi connectivity index (χ1v) is 6.68. The van der Waals surface area contributed by atoms with Crippen LogP contribution in [0.15, 0.2) is 28.7 Å². The van der Waals surface area contributed by atoms with E-state index in [1.807, 2.05) is 6.07 Å². The molecule has 0 aliphatic heterocycles. The average Bonchev–Trinajstić information content (AvgIpc) is 2.58. The molecule has 0 aliphatic carbocycles. The van der Waals surface area contributed by atoms with Crippen LogP contribution < -0.4 is 5.32 Å². The topological polar surface area (TPSA) is 29.1 Å². The van der Waals surface area contributed by atoms with Crippen molar-refractivity contribution in [3.8, 4) is 0 Å². The van der Waals surface area contributed by atoms with Crippen LogP contribution >= 0.6 is 27.3 Å². The highest BCUT2D eigenvalue weighted by Gasteiger charge is 2.02. The van der Waals surface area contributed by atoms with E-state index in [2.05, 4.69) is 39.4 Å². The van der Waals surface area contributed by atoms with Crippen molar-refractivity contribution in [2.45, 2.75) is 13.3 Å². The molecule has 1 heterocycles. The van der Waals surface area contributed by atoms with Gasteiger partial charge in [-0.25, -0.2) is 0 Å². The quantitative estimate of drug-likeness (QED) is 0.925. The lowest BCUT2D eigenvalue weighted by molar-refractivity contribution is -0.118. The third-order valence-electron chi connectivity index (χ3n) is 2.28. The summed E-state index contributed by atoms with van der Waals surface area (Å²) in [5.74, 6) is 0.0313. The number of amides is 1. The Morgan fingerprint density at radius 3 is 3.00 bits per heavy atom. The second kappa shape index (κ2) is 4.97. The molecule has 1 aromatic heterocycles. The van der Waals surface area contributed by atoms with Crippen LogP contribution in [0.2, 0.25) is 0 Å². The van der Waals surface area contributed by atoms with E-state index in [1.165, 1.54) is 15.0 Å². The zero-order valence-electron chi connectivity index (χ0n) is 8.92. The normalized spacial score (nSPS) is 10.6. The van der Waals surface area contributed by atoms with Gasteiger partial charge in [0.25, 0.3) is 0 Å². The monoisotopic (exact) mass is 297 g/mol. The number of halogens is 1. The number of hydrogen-bond donors (Lipinski definition) is 1. The summed E-state index contributed by atoms with van der Waals surface area (Å²) in [6.07, 6.45) is 0.899. The van der Waals surface area contributed by atoms with Crippen molar-refractivity contribution in [1.29, 1.82) is 0 Å². The van der Waals surface area contributed by atoms with Crippen LogP contribution in [0.4, 0.5) is 0 Å². The van der Waals surface area contributed by atoms with Gasteiger partial charge in [-0.1, -0.05) is 22.0 Å². The molecule has 1 amide bonds. The standard InChI is InChI=1S/C12H12BrNOS/c1-8(15)14-5-4-11-6-9-2-3-10(13)7-12(9)16-11/h2-3,6-7H,4-5H2,1H3,(H,14,15). The number of rotatable bonds is 3. The number of fused-ring (bicyclic) bond motifs is 1. The molecular weight excluding hydrogens is 286 g/mol. The Morgan fingerprint density at radius 2 is 2.25 bits per heavy atom. The minimum absolute atomic E-state index is 0.0313. The molecule has 0 radical (unpaired) electrons. The number of carbonyl (C=O) groups excluding carboxylic acids is 1. The molecule has 0 saturated carbocycles. The fourth-order valence-electron chi connectivity index (χ4n) is 1.54. The molecule has 0 unspecified atom stereocenters. The molecule has 2 rings (SSSR count). The Hall–Kier alpha value is -0.870. The highest BCUT2D eigenvalue weighted by atomic mass is 79.9. The maximum absolute atomic E-state index is 10.7. The molecule has 16 heavy (non-hydrogen) atoms. The molecule has 0 fully saturated rings. The van der Waals surface area contributed by atoms with Crippen LogP contribution in [0.25, 0.3) is 10.1 Å². The van der Waals surface area contributed by atoms with Crippen molar-refractivity contribution in [3.63, 3.8) is 0 Å². The Morgan fingerprint density at radius 1 is 1.44 bits per heavy atom. The predicted molar refractivity (Wildman–Crippen MR) is 71.9 cm³/mol. The van der Waals surface area contributed by atoms with E-state index in [-0.39, 0.29) is 5.91 Å². The summed E-state index contributed by atoms with van der Waals surface area (Å²) in [6, 6.07) is 8.47. The summed E-state index contributed by atoms with van der Waals surface area (Å²) in [4.78, 5) is 12.0. The lowest BCUT2D eigenvalue weighted by atomic mass is 10.2. The third kappa shape index (κ3) is 2.83. The molecule has 1 N–H and O–H groups in total. The van der Waals surface area contributed by atoms with Crippen LogP contribution in [0.1, 0.15) is 11.8 Å². The van der Waals surface area contributed by atoms with E-state index in [1.54, 1.807) is 18.3 Å². The van der Waals surface area contributed by atoms with Gasteiger partial charge in [0, 0.05) is 27.5 Å². The molecular formula is C12H12BrNOS. The highest BCUT2D eigenvalue weighted by molar-refractivity contribution is 9.10. The van der Waals surface area contributed by atoms with Gasteiger partial charge in [0.2, 0.25) is 5.91 Å². The van der Waals surface area contributed by atoms with Crippen molar-refractivity contribution < 1.29 is 4.79 Å². The molecule has 0 saturated heterocycles. The summed E-state index contributed by atoms with van der Waals surface area (Å²) in [5, 5.41) is 4.08. The van der Waals surface area contributed by atoms with Gasteiger partial charge < -0.3 is 5.32 Å². The fraction of sp³-hybridized carbons (Fsp3) is 0.250. The van der Waals surface area contributed by atoms with E-state index in [9.17, 15) is 4.79 Å². The van der Waals surface area contributed by atoms with Crippen LogP contribution in [0, 0.1) is 0 Å². The van der Waals surface area contributed by atoms with Crippen LogP contribution in [-0.4, -0.2) is 12.5 Å². The minimum atomic E-state index is 0.0313. The highest BCUT2D eigenvalue weighted by Crippen LogP contribution is 2.28. The number of benzene rings is 1. The second-order valence-corrected chi connectivity index (χ2v) is 5.71. The molecule has 0 atom stereocenters. The van der Waals surface area contributed by atoms with Crippen LogP contribution in [0.3, 0.4) is 0 Å². The zero-order valence-corrected chi connectivity index (χ0v) is 11.3. The zero-order chi connectivity index (χ0) is 11.5. The summed E-state index contributed by atoms with van der Waals surface area (Å²) in [6.45, 7) is 2.26. The number of nitrogens with one attached hydrogen (secondary N) is 1. The van der Waals surface area contributed by atoms with Crippen molar-refractivity contribution in [2.75, 3.05) is 6.54 Å². The average molecular weight is 298 g/mol. The summed E-state index contributed by atoms with van der Waals surface area (Å²) in [7, 11) is 0. The largest absolute Gasteiger partial charge is 0.356 e. The number of hydrogen-bond acceptors (Lipinski definition) is 2. The molecule has 0 spiro atoms. The molecule has 0 bridgehead atoms. The molecule has 4 heteroatoms. The van der Waals surface area contributed by atoms with Gasteiger partial charge in [-0.15, -0.1) is 11.3 Å². The van der Waals surface area contributed by atoms with Gasteiger partial charge in [-0.2, -0.15) is 0 Å². The lowest BCUT2D eigenvalue weighted by Gasteiger charge is -1.98. The van der Waals surface area contributed by atoms with Gasteiger partial charge in [-0.05, 0) is 30.0 Å². The van der Waals surface area contributed by atoms with Crippen molar-refractivity contribution in [1.82, 2.24) is 5.32 Å². The smallest absolute Gasteiger partial charge is 0.216 e. The molecule has 2 aromatic rings. The Kier molecular flexibility index (Phi) is 3.61. The van der Waals surface area contributed by atoms with E-state index in [4.69, 9.17) is 0 Å². The summed E-state index contributed by atoms with van der Waals surface area (Å²) in [5.41, 5.74) is 0. The summed E-state index contributed by atoms with van der Waals surface area (Å²) < 4.78 is 2.39. The lowest BCUT2D eigenvalue weighted by Crippen LogP contribution is -2.21. The fourth-order valence-corrected chi connectivity index (χ4v) is 3.16. The maximum atomic E-state index is 10.7. The van der Waals surface area contributed by atoms with E-state index in [0.29, 0.717) is 6.54 Å². The Balaban J connectivity index is 2.10. The van der Waals surface area contributed by atoms with Gasteiger partial charge in [0.05, 0.1) is 0 Å². The molecule has 0 aliphatic rings. The predicted octanol–water partition coefficient (Wildman–Crippen LogP) is 3.34. The van der Waals surface area contributed by atoms with E-state index < -0.39 is 0 Å². The minimum Gasteiger partial charge on any atom is -0.356 e. The second-order valence-electron chi connectivity index (χ2n) is 3.63. The first-order chi connectivity index (χ1) is 7.65. The van der Waals surface area contributed by atoms with Crippen LogP contribution in [0.5, 0.6) is 0 Å². The van der Waals surface area contributed by atoms with Gasteiger partial charge >= 0.3 is 0 Å². The van der Waals surface area contributed by atoms with Gasteiger partial charge in [-0.3, -0.25) is 4.79 Å². The molecule has 2 nitrogen and oxygen atoms in total.